The maximum atomic E-state index is 10.9. The third-order valence-corrected chi connectivity index (χ3v) is 4.43. The maximum absolute atomic E-state index is 10.9. The molecule has 2 aliphatic rings. The van der Waals surface area contributed by atoms with Gasteiger partial charge in [-0.15, -0.1) is 0 Å². The van der Waals surface area contributed by atoms with Gasteiger partial charge in [0.1, 0.15) is 6.10 Å². The van der Waals surface area contributed by atoms with Gasteiger partial charge in [-0.2, -0.15) is 11.8 Å². The third-order valence-electron chi connectivity index (χ3n) is 3.22. The number of amides is 1. The van der Waals surface area contributed by atoms with Crippen LogP contribution in [0.4, 0.5) is 0 Å². The number of hydrogen-bond donors (Lipinski definition) is 2. The molecule has 2 rings (SSSR count). The second-order valence-electron chi connectivity index (χ2n) is 4.55. The van der Waals surface area contributed by atoms with Gasteiger partial charge in [-0.05, 0) is 31.4 Å². The van der Waals surface area contributed by atoms with Crippen LogP contribution in [0.25, 0.3) is 0 Å². The Bertz CT molecular complexity index is 244. The van der Waals surface area contributed by atoms with Crippen LogP contribution in [-0.4, -0.2) is 42.2 Å². The molecule has 0 saturated carbocycles. The van der Waals surface area contributed by atoms with Crippen LogP contribution in [0, 0.1) is 0 Å². The van der Waals surface area contributed by atoms with Crippen molar-refractivity contribution in [2.75, 3.05) is 18.1 Å². The molecule has 2 saturated heterocycles. The van der Waals surface area contributed by atoms with E-state index < -0.39 is 0 Å². The standard InChI is InChI=1S/C11H20N2O2S/c12-11(14)10-4-3-9(15-10)6-13-8-2-1-5-16-7-8/h8-10,13H,1-7H2,(H2,12,14). The molecule has 0 radical (unpaired) electrons. The quantitative estimate of drug-likeness (QED) is 0.756. The molecule has 1 amide bonds. The first-order valence-corrected chi connectivity index (χ1v) is 7.17. The number of primary amides is 1. The highest BCUT2D eigenvalue weighted by atomic mass is 32.2. The van der Waals surface area contributed by atoms with Crippen molar-refractivity contribution in [3.63, 3.8) is 0 Å². The number of carbonyl (C=O) groups is 1. The Morgan fingerprint density at radius 1 is 1.44 bits per heavy atom. The zero-order valence-electron chi connectivity index (χ0n) is 9.48. The van der Waals surface area contributed by atoms with Gasteiger partial charge in [-0.3, -0.25) is 4.79 Å². The molecule has 0 aliphatic carbocycles. The van der Waals surface area contributed by atoms with Gasteiger partial charge < -0.3 is 15.8 Å². The van der Waals surface area contributed by atoms with Crippen LogP contribution >= 0.6 is 11.8 Å². The minimum Gasteiger partial charge on any atom is -0.367 e. The number of carbonyl (C=O) groups excluding carboxylic acids is 1. The van der Waals surface area contributed by atoms with Crippen molar-refractivity contribution < 1.29 is 9.53 Å². The van der Waals surface area contributed by atoms with Crippen LogP contribution in [0.2, 0.25) is 0 Å². The van der Waals surface area contributed by atoms with Crippen molar-refractivity contribution in [1.29, 1.82) is 0 Å². The van der Waals surface area contributed by atoms with Gasteiger partial charge in [-0.1, -0.05) is 0 Å². The van der Waals surface area contributed by atoms with E-state index in [0.29, 0.717) is 6.04 Å². The van der Waals surface area contributed by atoms with E-state index in [0.717, 1.165) is 19.4 Å². The molecule has 2 aliphatic heterocycles. The highest BCUT2D eigenvalue weighted by Gasteiger charge is 2.29. The fraction of sp³-hybridized carbons (Fsp3) is 0.909. The van der Waals surface area contributed by atoms with Crippen molar-refractivity contribution in [3.8, 4) is 0 Å². The number of rotatable bonds is 4. The molecule has 3 unspecified atom stereocenters. The van der Waals surface area contributed by atoms with E-state index in [-0.39, 0.29) is 18.1 Å². The van der Waals surface area contributed by atoms with Crippen molar-refractivity contribution in [2.24, 2.45) is 5.73 Å². The molecule has 16 heavy (non-hydrogen) atoms. The van der Waals surface area contributed by atoms with Gasteiger partial charge in [0.05, 0.1) is 6.10 Å². The number of thioether (sulfide) groups is 1. The molecule has 4 nitrogen and oxygen atoms in total. The zero-order valence-corrected chi connectivity index (χ0v) is 10.3. The summed E-state index contributed by atoms with van der Waals surface area (Å²) in [5.74, 6) is 2.17. The molecule has 3 atom stereocenters. The predicted molar refractivity (Wildman–Crippen MR) is 65.4 cm³/mol. The first-order valence-electron chi connectivity index (χ1n) is 6.01. The van der Waals surface area contributed by atoms with Crippen molar-refractivity contribution in [3.05, 3.63) is 0 Å². The molecule has 5 heteroatoms. The van der Waals surface area contributed by atoms with Crippen LogP contribution in [0.1, 0.15) is 25.7 Å². The SMILES string of the molecule is NC(=O)C1CCC(CNC2CCCSC2)O1. The lowest BCUT2D eigenvalue weighted by molar-refractivity contribution is -0.128. The summed E-state index contributed by atoms with van der Waals surface area (Å²) in [5, 5.41) is 3.53. The van der Waals surface area contributed by atoms with Crippen LogP contribution in [0.15, 0.2) is 0 Å². The molecule has 2 heterocycles. The Hall–Kier alpha value is -0.260. The average molecular weight is 244 g/mol. The van der Waals surface area contributed by atoms with Crippen LogP contribution in [0.5, 0.6) is 0 Å². The lowest BCUT2D eigenvalue weighted by Gasteiger charge is -2.24. The number of nitrogens with one attached hydrogen (secondary N) is 1. The fourth-order valence-electron chi connectivity index (χ4n) is 2.26. The summed E-state index contributed by atoms with van der Waals surface area (Å²) in [6.07, 6.45) is 4.11. The topological polar surface area (TPSA) is 64.4 Å². The Morgan fingerprint density at radius 2 is 2.31 bits per heavy atom. The zero-order chi connectivity index (χ0) is 11.4. The molecule has 0 aromatic rings. The number of ether oxygens (including phenoxy) is 1. The molecular weight excluding hydrogens is 224 g/mol. The van der Waals surface area contributed by atoms with Crippen molar-refractivity contribution in [2.45, 2.75) is 43.9 Å². The van der Waals surface area contributed by atoms with Crippen molar-refractivity contribution in [1.82, 2.24) is 5.32 Å². The summed E-state index contributed by atoms with van der Waals surface area (Å²) >= 11 is 2.01. The van der Waals surface area contributed by atoms with Gasteiger partial charge in [0.25, 0.3) is 0 Å². The summed E-state index contributed by atoms with van der Waals surface area (Å²) in [7, 11) is 0. The van der Waals surface area contributed by atoms with Gasteiger partial charge in [0.15, 0.2) is 0 Å². The Morgan fingerprint density at radius 3 is 2.94 bits per heavy atom. The average Bonchev–Trinajstić information content (AvgIpc) is 2.76. The highest BCUT2D eigenvalue weighted by Crippen LogP contribution is 2.20. The minimum atomic E-state index is -0.354. The molecule has 0 bridgehead atoms. The van der Waals surface area contributed by atoms with E-state index in [1.54, 1.807) is 0 Å². The van der Waals surface area contributed by atoms with E-state index in [2.05, 4.69) is 5.32 Å². The molecule has 2 fully saturated rings. The van der Waals surface area contributed by atoms with E-state index in [1.807, 2.05) is 11.8 Å². The first-order chi connectivity index (χ1) is 7.75. The third kappa shape index (κ3) is 3.37. The lowest BCUT2D eigenvalue weighted by atomic mass is 10.1. The van der Waals surface area contributed by atoms with Crippen LogP contribution in [0.3, 0.4) is 0 Å². The summed E-state index contributed by atoms with van der Waals surface area (Å²) in [5.41, 5.74) is 5.21. The van der Waals surface area contributed by atoms with Crippen LogP contribution < -0.4 is 11.1 Å². The fourth-order valence-corrected chi connectivity index (χ4v) is 3.37. The molecule has 92 valence electrons. The van der Waals surface area contributed by atoms with Gasteiger partial charge in [0.2, 0.25) is 5.91 Å². The predicted octanol–water partition coefficient (Wildman–Crippen LogP) is 0.504. The molecule has 0 aromatic heterocycles. The minimum absolute atomic E-state index is 0.171. The number of nitrogens with two attached hydrogens (primary N) is 1. The maximum Gasteiger partial charge on any atom is 0.246 e. The smallest absolute Gasteiger partial charge is 0.246 e. The molecule has 3 N–H and O–H groups in total. The molecule has 0 spiro atoms. The summed E-state index contributed by atoms with van der Waals surface area (Å²) in [4.78, 5) is 10.9. The van der Waals surface area contributed by atoms with E-state index in [9.17, 15) is 4.79 Å². The Labute approximate surface area is 101 Å². The van der Waals surface area contributed by atoms with Gasteiger partial charge >= 0.3 is 0 Å². The second kappa shape index (κ2) is 5.89. The highest BCUT2D eigenvalue weighted by molar-refractivity contribution is 7.99. The normalized spacial score (nSPS) is 35.1. The lowest BCUT2D eigenvalue weighted by Crippen LogP contribution is -2.39. The monoisotopic (exact) mass is 244 g/mol. The summed E-state index contributed by atoms with van der Waals surface area (Å²) < 4.78 is 5.57. The van der Waals surface area contributed by atoms with E-state index >= 15 is 0 Å². The largest absolute Gasteiger partial charge is 0.367 e. The van der Waals surface area contributed by atoms with Gasteiger partial charge in [0, 0.05) is 18.3 Å². The summed E-state index contributed by atoms with van der Waals surface area (Å²) in [6.45, 7) is 0.856. The van der Waals surface area contributed by atoms with Crippen molar-refractivity contribution >= 4 is 17.7 Å². The van der Waals surface area contributed by atoms with E-state index in [4.69, 9.17) is 10.5 Å². The molecular formula is C11H20N2O2S. The Balaban J connectivity index is 1.65. The Kier molecular flexibility index (Phi) is 4.49. The number of hydrogen-bond acceptors (Lipinski definition) is 4. The van der Waals surface area contributed by atoms with Crippen LogP contribution in [-0.2, 0) is 9.53 Å². The second-order valence-corrected chi connectivity index (χ2v) is 5.70. The van der Waals surface area contributed by atoms with E-state index in [1.165, 1.54) is 24.3 Å². The molecule has 0 aromatic carbocycles. The van der Waals surface area contributed by atoms with Gasteiger partial charge in [-0.25, -0.2) is 0 Å². The summed E-state index contributed by atoms with van der Waals surface area (Å²) in [6, 6.07) is 0.620. The first kappa shape index (κ1) is 12.2.